The van der Waals surface area contributed by atoms with Gasteiger partial charge in [0.15, 0.2) is 0 Å². The fourth-order valence-electron chi connectivity index (χ4n) is 3.13. The maximum absolute atomic E-state index is 13.2. The molecule has 21 heteroatoms. The molecule has 0 unspecified atom stereocenters. The van der Waals surface area contributed by atoms with Crippen molar-refractivity contribution in [2.24, 2.45) is 5.41 Å². The number of ether oxygens (including phenoxy) is 3. The van der Waals surface area contributed by atoms with Crippen LogP contribution in [0.4, 0.5) is 79.0 Å². The van der Waals surface area contributed by atoms with E-state index in [1.54, 1.807) is 0 Å². The molecule has 0 saturated carbocycles. The number of halogens is 18. The highest BCUT2D eigenvalue weighted by molar-refractivity contribution is 5.13. The first-order valence-electron chi connectivity index (χ1n) is 10.3. The molecular formula is C20H16F18O3. The zero-order valence-electron chi connectivity index (χ0n) is 19.7. The Morgan fingerprint density at radius 3 is 1.02 bits per heavy atom. The van der Waals surface area contributed by atoms with Crippen LogP contribution in [0.5, 0.6) is 0 Å². The lowest BCUT2D eigenvalue weighted by Gasteiger charge is -2.42. The van der Waals surface area contributed by atoms with Crippen LogP contribution in [0.3, 0.4) is 0 Å². The molecule has 0 aliphatic carbocycles. The van der Waals surface area contributed by atoms with Crippen molar-refractivity contribution in [3.8, 4) is 0 Å². The van der Waals surface area contributed by atoms with Gasteiger partial charge < -0.3 is 14.2 Å². The number of hydrogen-bond acceptors (Lipinski definition) is 3. The summed E-state index contributed by atoms with van der Waals surface area (Å²) in [7, 11) is 0. The fraction of sp³-hybridized carbons (Fsp3) is 0.700. The molecule has 0 spiro atoms. The molecule has 0 aliphatic heterocycles. The molecule has 3 nitrogen and oxygen atoms in total. The molecule has 0 N–H and O–H groups in total. The van der Waals surface area contributed by atoms with Crippen LogP contribution in [0.2, 0.25) is 0 Å². The van der Waals surface area contributed by atoms with Crippen LogP contribution >= 0.6 is 0 Å². The zero-order valence-corrected chi connectivity index (χ0v) is 19.7. The molecule has 0 bridgehead atoms. The highest BCUT2D eigenvalue weighted by Crippen LogP contribution is 2.57. The average molecular weight is 646 g/mol. The minimum atomic E-state index is -7.39. The van der Waals surface area contributed by atoms with E-state index in [0.29, 0.717) is 0 Å². The van der Waals surface area contributed by atoms with E-state index in [1.165, 1.54) is 30.3 Å². The predicted molar refractivity (Wildman–Crippen MR) is 97.9 cm³/mol. The van der Waals surface area contributed by atoms with E-state index >= 15 is 0 Å². The van der Waals surface area contributed by atoms with Gasteiger partial charge in [0.2, 0.25) is 0 Å². The first-order valence-corrected chi connectivity index (χ1v) is 10.3. The molecule has 1 aromatic carbocycles. The van der Waals surface area contributed by atoms with Crippen LogP contribution in [0.25, 0.3) is 0 Å². The Morgan fingerprint density at radius 1 is 0.463 bits per heavy atom. The quantitative estimate of drug-likeness (QED) is 0.241. The molecule has 0 atom stereocenters. The Morgan fingerprint density at radius 2 is 0.756 bits per heavy atom. The van der Waals surface area contributed by atoms with E-state index in [4.69, 9.17) is 4.74 Å². The van der Waals surface area contributed by atoms with Crippen molar-refractivity contribution in [3.05, 3.63) is 35.9 Å². The lowest BCUT2D eigenvalue weighted by molar-refractivity contribution is -0.467. The Bertz CT molecular complexity index is 843. The van der Waals surface area contributed by atoms with Crippen LogP contribution in [-0.2, 0) is 20.8 Å². The van der Waals surface area contributed by atoms with E-state index in [0.717, 1.165) is 0 Å². The third kappa shape index (κ3) is 7.44. The zero-order chi connectivity index (χ0) is 32.6. The van der Waals surface area contributed by atoms with Gasteiger partial charge in [-0.3, -0.25) is 0 Å². The van der Waals surface area contributed by atoms with Gasteiger partial charge in [-0.25, -0.2) is 0 Å². The second kappa shape index (κ2) is 11.5. The van der Waals surface area contributed by atoms with Gasteiger partial charge in [0, 0.05) is 5.41 Å². The topological polar surface area (TPSA) is 27.7 Å². The molecule has 0 aliphatic rings. The van der Waals surface area contributed by atoms with Gasteiger partial charge in [-0.15, -0.1) is 0 Å². The summed E-state index contributed by atoms with van der Waals surface area (Å²) in [4.78, 5) is 0. The molecule has 1 aromatic rings. The SMILES string of the molecule is CC(COCc1ccccc1)(COC(C(F)(F)F)(C(F)(F)F)C(F)(F)F)COC(C(F)(F)F)(C(F)(F)F)C(F)(F)F. The number of rotatable bonds is 10. The lowest BCUT2D eigenvalue weighted by atomic mass is 9.91. The summed E-state index contributed by atoms with van der Waals surface area (Å²) in [5, 5.41) is 0. The van der Waals surface area contributed by atoms with Crippen LogP contribution in [0, 0.1) is 5.41 Å². The van der Waals surface area contributed by atoms with E-state index in [1.807, 2.05) is 0 Å². The van der Waals surface area contributed by atoms with Crippen LogP contribution in [-0.4, -0.2) is 68.1 Å². The highest BCUT2D eigenvalue weighted by Gasteiger charge is 2.87. The minimum absolute atomic E-state index is 0.0831. The van der Waals surface area contributed by atoms with E-state index in [2.05, 4.69) is 9.47 Å². The Kier molecular flexibility index (Phi) is 10.3. The normalized spacial score (nSPS) is 15.4. The van der Waals surface area contributed by atoms with E-state index in [9.17, 15) is 79.0 Å². The summed E-state index contributed by atoms with van der Waals surface area (Å²) < 4.78 is 248. The van der Waals surface area contributed by atoms with Crippen molar-refractivity contribution in [1.82, 2.24) is 0 Å². The van der Waals surface area contributed by atoms with E-state index < -0.39 is 80.1 Å². The van der Waals surface area contributed by atoms with Crippen LogP contribution in [0.15, 0.2) is 30.3 Å². The minimum Gasteiger partial charge on any atom is -0.376 e. The molecule has 1 rings (SSSR count). The smallest absolute Gasteiger partial charge is 0.376 e. The van der Waals surface area contributed by atoms with Gasteiger partial charge in [-0.2, -0.15) is 79.0 Å². The van der Waals surface area contributed by atoms with Crippen molar-refractivity contribution >= 4 is 0 Å². The molecule has 0 aromatic heterocycles. The standard InChI is InChI=1S/C20H16F18O3/c1-12(8-39-7-11-5-3-2-4-6-11,9-40-13(15(21,22)23,16(24,25)26)17(27,28)29)10-41-14(18(30,31)32,19(33,34)35)20(36,37)38/h2-6H,7-10H2,1H3. The summed E-state index contributed by atoms with van der Waals surface area (Å²) in [6.45, 7) is -7.77. The van der Waals surface area contributed by atoms with Gasteiger partial charge in [-0.05, 0) is 5.56 Å². The van der Waals surface area contributed by atoms with Crippen molar-refractivity contribution in [2.45, 2.75) is 61.8 Å². The monoisotopic (exact) mass is 646 g/mol. The first-order chi connectivity index (χ1) is 18.0. The summed E-state index contributed by atoms with van der Waals surface area (Å²) >= 11 is 0. The molecule has 0 fully saturated rings. The third-order valence-electron chi connectivity index (χ3n) is 5.23. The molecule has 0 saturated heterocycles. The Labute approximate surface area is 217 Å². The number of alkyl halides is 18. The molecule has 240 valence electrons. The van der Waals surface area contributed by atoms with Crippen molar-refractivity contribution in [2.75, 3.05) is 19.8 Å². The van der Waals surface area contributed by atoms with Crippen molar-refractivity contribution < 1.29 is 93.2 Å². The largest absolute Gasteiger partial charge is 0.435 e. The van der Waals surface area contributed by atoms with Gasteiger partial charge in [0.1, 0.15) is 0 Å². The second-order valence-corrected chi connectivity index (χ2v) is 8.72. The van der Waals surface area contributed by atoms with Gasteiger partial charge in [0.25, 0.3) is 0 Å². The molecule has 0 heterocycles. The highest BCUT2D eigenvalue weighted by atomic mass is 19.4. The van der Waals surface area contributed by atoms with Crippen LogP contribution in [0.1, 0.15) is 12.5 Å². The summed E-state index contributed by atoms with van der Waals surface area (Å²) in [6.07, 6.45) is -44.3. The maximum Gasteiger partial charge on any atom is 0.435 e. The van der Waals surface area contributed by atoms with Gasteiger partial charge in [-0.1, -0.05) is 37.3 Å². The van der Waals surface area contributed by atoms with Crippen molar-refractivity contribution in [3.63, 3.8) is 0 Å². The molecule has 0 amide bonds. The predicted octanol–water partition coefficient (Wildman–Crippen LogP) is 8.09. The second-order valence-electron chi connectivity index (χ2n) is 8.72. The molecular weight excluding hydrogens is 630 g/mol. The number of hydrogen-bond donors (Lipinski definition) is 0. The maximum atomic E-state index is 13.2. The third-order valence-corrected chi connectivity index (χ3v) is 5.23. The Balaban J connectivity index is 3.62. The first kappa shape index (κ1) is 36.9. The molecule has 0 radical (unpaired) electrons. The van der Waals surface area contributed by atoms with E-state index in [-0.39, 0.29) is 12.5 Å². The summed E-state index contributed by atoms with van der Waals surface area (Å²) in [5.74, 6) is 0. The molecule has 41 heavy (non-hydrogen) atoms. The fourth-order valence-corrected chi connectivity index (χ4v) is 3.13. The lowest BCUT2D eigenvalue weighted by Crippen LogP contribution is -2.69. The summed E-state index contributed by atoms with van der Waals surface area (Å²) in [5.41, 5.74) is -17.4. The van der Waals surface area contributed by atoms with Crippen LogP contribution < -0.4 is 0 Å². The van der Waals surface area contributed by atoms with Crippen molar-refractivity contribution in [1.29, 1.82) is 0 Å². The summed E-state index contributed by atoms with van der Waals surface area (Å²) in [6, 6.07) is 6.51. The average Bonchev–Trinajstić information content (AvgIpc) is 2.69. The van der Waals surface area contributed by atoms with Gasteiger partial charge in [0.05, 0.1) is 26.4 Å². The van der Waals surface area contributed by atoms with Gasteiger partial charge >= 0.3 is 48.3 Å². The Hall–Kier alpha value is -2.16. The number of benzene rings is 1.